The molecule has 0 bridgehead atoms. The summed E-state index contributed by atoms with van der Waals surface area (Å²) in [4.78, 5) is 14.3. The fourth-order valence-electron chi connectivity index (χ4n) is 2.44. The summed E-state index contributed by atoms with van der Waals surface area (Å²) in [5, 5.41) is 11.6. The first-order valence-corrected chi connectivity index (χ1v) is 8.28. The van der Waals surface area contributed by atoms with Gasteiger partial charge < -0.3 is 10.2 Å². The third kappa shape index (κ3) is 4.14. The second kappa shape index (κ2) is 7.77. The summed E-state index contributed by atoms with van der Waals surface area (Å²) < 4.78 is 0. The average Bonchev–Trinajstić information content (AvgIpc) is 2.64. The van der Waals surface area contributed by atoms with E-state index >= 15 is 0 Å². The van der Waals surface area contributed by atoms with E-state index in [0.717, 1.165) is 18.1 Å². The van der Waals surface area contributed by atoms with E-state index in [1.807, 2.05) is 48.2 Å². The van der Waals surface area contributed by atoms with E-state index in [0.29, 0.717) is 16.4 Å². The Labute approximate surface area is 151 Å². The topological polar surface area (TPSA) is 58.1 Å². The van der Waals surface area contributed by atoms with Gasteiger partial charge in [0, 0.05) is 22.8 Å². The van der Waals surface area contributed by atoms with Crippen LogP contribution < -0.4 is 10.2 Å². The number of benzene rings is 2. The lowest BCUT2D eigenvalue weighted by Crippen LogP contribution is -2.18. The van der Waals surface area contributed by atoms with Gasteiger partial charge in [0.25, 0.3) is 5.91 Å². The van der Waals surface area contributed by atoms with E-state index in [2.05, 4.69) is 15.5 Å². The van der Waals surface area contributed by atoms with Gasteiger partial charge in [0.1, 0.15) is 0 Å². The number of hydrogen-bond donors (Lipinski definition) is 1. The molecule has 0 aliphatic rings. The number of carbonyl (C=O) groups is 1. The molecule has 0 saturated carbocycles. The normalized spacial score (nSPS) is 10.3. The van der Waals surface area contributed by atoms with Crippen LogP contribution in [0.2, 0.25) is 5.02 Å². The Morgan fingerprint density at radius 3 is 2.48 bits per heavy atom. The molecule has 3 rings (SSSR count). The summed E-state index contributed by atoms with van der Waals surface area (Å²) in [6.45, 7) is 2.80. The Bertz CT molecular complexity index is 853. The molecule has 2 aromatic carbocycles. The number of carbonyl (C=O) groups excluding carboxylic acids is 1. The molecule has 0 saturated heterocycles. The maximum Gasteiger partial charge on any atom is 0.256 e. The molecule has 126 valence electrons. The van der Waals surface area contributed by atoms with Crippen LogP contribution in [-0.2, 0) is 0 Å². The molecule has 3 aromatic rings. The highest BCUT2D eigenvalue weighted by molar-refractivity contribution is 6.31. The Balaban J connectivity index is 1.75. The van der Waals surface area contributed by atoms with Crippen molar-refractivity contribution in [3.05, 3.63) is 77.3 Å². The predicted molar refractivity (Wildman–Crippen MR) is 101 cm³/mol. The first kappa shape index (κ1) is 16.9. The molecule has 0 aliphatic heterocycles. The van der Waals surface area contributed by atoms with Crippen molar-refractivity contribution in [1.82, 2.24) is 10.2 Å². The first-order valence-electron chi connectivity index (χ1n) is 7.90. The quantitative estimate of drug-likeness (QED) is 0.732. The highest BCUT2D eigenvalue weighted by Crippen LogP contribution is 2.22. The summed E-state index contributed by atoms with van der Waals surface area (Å²) in [6.07, 6.45) is 0. The number of nitrogens with zero attached hydrogens (tertiary/aromatic N) is 3. The van der Waals surface area contributed by atoms with Crippen LogP contribution in [0.4, 0.5) is 17.3 Å². The van der Waals surface area contributed by atoms with Gasteiger partial charge in [-0.05, 0) is 49.4 Å². The molecule has 6 heteroatoms. The van der Waals surface area contributed by atoms with Gasteiger partial charge in [0.05, 0.1) is 0 Å². The van der Waals surface area contributed by atoms with Gasteiger partial charge in [0.2, 0.25) is 0 Å². The van der Waals surface area contributed by atoms with E-state index in [1.165, 1.54) is 0 Å². The van der Waals surface area contributed by atoms with Crippen LogP contribution in [0.1, 0.15) is 17.3 Å². The zero-order chi connectivity index (χ0) is 17.6. The van der Waals surface area contributed by atoms with Crippen LogP contribution in [0.25, 0.3) is 0 Å². The highest BCUT2D eigenvalue weighted by Gasteiger charge is 2.11. The van der Waals surface area contributed by atoms with Crippen molar-refractivity contribution in [2.45, 2.75) is 6.92 Å². The molecular formula is C19H17ClN4O. The van der Waals surface area contributed by atoms with Crippen molar-refractivity contribution in [3.8, 4) is 0 Å². The number of hydrogen-bond acceptors (Lipinski definition) is 4. The predicted octanol–water partition coefficient (Wildman–Crippen LogP) is 4.54. The smallest absolute Gasteiger partial charge is 0.256 e. The molecule has 0 atom stereocenters. The van der Waals surface area contributed by atoms with Crippen molar-refractivity contribution in [2.75, 3.05) is 16.8 Å². The summed E-state index contributed by atoms with van der Waals surface area (Å²) >= 11 is 5.91. The molecule has 1 aromatic heterocycles. The van der Waals surface area contributed by atoms with Crippen LogP contribution >= 0.6 is 11.6 Å². The van der Waals surface area contributed by atoms with Gasteiger partial charge in [-0.2, -0.15) is 0 Å². The Morgan fingerprint density at radius 1 is 1.04 bits per heavy atom. The zero-order valence-corrected chi connectivity index (χ0v) is 14.4. The van der Waals surface area contributed by atoms with Gasteiger partial charge in [-0.3, -0.25) is 4.79 Å². The number of nitrogens with one attached hydrogen (secondary N) is 1. The van der Waals surface area contributed by atoms with Crippen molar-refractivity contribution in [2.24, 2.45) is 0 Å². The Hall–Kier alpha value is -2.92. The van der Waals surface area contributed by atoms with Crippen molar-refractivity contribution < 1.29 is 4.79 Å². The third-order valence-corrected chi connectivity index (χ3v) is 3.87. The van der Waals surface area contributed by atoms with E-state index in [4.69, 9.17) is 11.6 Å². The van der Waals surface area contributed by atoms with Gasteiger partial charge in [-0.1, -0.05) is 35.9 Å². The van der Waals surface area contributed by atoms with Crippen LogP contribution in [0.5, 0.6) is 0 Å². The molecule has 0 fully saturated rings. The van der Waals surface area contributed by atoms with Crippen molar-refractivity contribution in [1.29, 1.82) is 0 Å². The monoisotopic (exact) mass is 352 g/mol. The van der Waals surface area contributed by atoms with Crippen molar-refractivity contribution >= 4 is 34.8 Å². The standard InChI is InChI=1S/C19H17ClN4O/c1-2-24(16-9-4-3-5-10-16)18-12-11-17(22-23-18)21-19(25)14-7-6-8-15(20)13-14/h3-13H,2H2,1H3,(H,21,22,25). The van der Waals surface area contributed by atoms with Crippen LogP contribution in [0, 0.1) is 0 Å². The van der Waals surface area contributed by atoms with E-state index in [-0.39, 0.29) is 5.91 Å². The summed E-state index contributed by atoms with van der Waals surface area (Å²) in [6, 6.07) is 20.3. The lowest BCUT2D eigenvalue weighted by molar-refractivity contribution is 0.102. The van der Waals surface area contributed by atoms with Crippen LogP contribution in [0.15, 0.2) is 66.7 Å². The zero-order valence-electron chi connectivity index (χ0n) is 13.7. The van der Waals surface area contributed by atoms with Crippen molar-refractivity contribution in [3.63, 3.8) is 0 Å². The van der Waals surface area contributed by atoms with E-state index < -0.39 is 0 Å². The van der Waals surface area contributed by atoms with E-state index in [9.17, 15) is 4.79 Å². The molecule has 5 nitrogen and oxygen atoms in total. The SMILES string of the molecule is CCN(c1ccccc1)c1ccc(NC(=O)c2cccc(Cl)c2)nn1. The number of rotatable bonds is 5. The summed E-state index contributed by atoms with van der Waals surface area (Å²) in [7, 11) is 0. The third-order valence-electron chi connectivity index (χ3n) is 3.64. The molecule has 0 radical (unpaired) electrons. The van der Waals surface area contributed by atoms with Gasteiger partial charge in [-0.25, -0.2) is 0 Å². The number of anilines is 3. The first-order chi connectivity index (χ1) is 12.2. The maximum absolute atomic E-state index is 12.2. The van der Waals surface area contributed by atoms with Gasteiger partial charge in [-0.15, -0.1) is 10.2 Å². The lowest BCUT2D eigenvalue weighted by atomic mass is 10.2. The minimum absolute atomic E-state index is 0.278. The number of amides is 1. The van der Waals surface area contributed by atoms with Gasteiger partial charge >= 0.3 is 0 Å². The molecule has 1 heterocycles. The molecule has 25 heavy (non-hydrogen) atoms. The minimum Gasteiger partial charge on any atom is -0.325 e. The molecular weight excluding hydrogens is 336 g/mol. The highest BCUT2D eigenvalue weighted by atomic mass is 35.5. The molecule has 0 aliphatic carbocycles. The molecule has 1 amide bonds. The molecule has 0 unspecified atom stereocenters. The fraction of sp³-hybridized carbons (Fsp3) is 0.105. The second-order valence-electron chi connectivity index (χ2n) is 5.32. The lowest BCUT2D eigenvalue weighted by Gasteiger charge is -2.21. The van der Waals surface area contributed by atoms with Gasteiger partial charge in [0.15, 0.2) is 11.6 Å². The van der Waals surface area contributed by atoms with E-state index in [1.54, 1.807) is 30.3 Å². The largest absolute Gasteiger partial charge is 0.325 e. The summed E-state index contributed by atoms with van der Waals surface area (Å²) in [5.74, 6) is 0.826. The number of aromatic nitrogens is 2. The maximum atomic E-state index is 12.2. The Morgan fingerprint density at radius 2 is 1.84 bits per heavy atom. The summed E-state index contributed by atoms with van der Waals surface area (Å²) in [5.41, 5.74) is 1.51. The fourth-order valence-corrected chi connectivity index (χ4v) is 2.63. The van der Waals surface area contributed by atoms with Crippen LogP contribution in [0.3, 0.4) is 0 Å². The Kier molecular flexibility index (Phi) is 5.26. The number of halogens is 1. The minimum atomic E-state index is -0.278. The molecule has 1 N–H and O–H groups in total. The molecule has 0 spiro atoms. The average molecular weight is 353 g/mol. The van der Waals surface area contributed by atoms with Crippen LogP contribution in [-0.4, -0.2) is 22.6 Å². The number of para-hydroxylation sites is 1. The second-order valence-corrected chi connectivity index (χ2v) is 5.76.